The van der Waals surface area contributed by atoms with Gasteiger partial charge in [-0.05, 0) is 61.4 Å². The molecule has 4 aromatic carbocycles. The van der Waals surface area contributed by atoms with Crippen molar-refractivity contribution in [3.63, 3.8) is 0 Å². The average Bonchev–Trinajstić information content (AvgIpc) is 2.92. The highest BCUT2D eigenvalue weighted by molar-refractivity contribution is 6.05. The van der Waals surface area contributed by atoms with E-state index in [-0.39, 0.29) is 11.4 Å². The van der Waals surface area contributed by atoms with E-state index >= 15 is 0 Å². The minimum absolute atomic E-state index is 0.144. The van der Waals surface area contributed by atoms with Crippen molar-refractivity contribution in [3.05, 3.63) is 72.8 Å². The smallest absolute Gasteiger partial charge is 0.188 e. The zero-order valence-corrected chi connectivity index (χ0v) is 20.3. The van der Waals surface area contributed by atoms with Gasteiger partial charge in [-0.2, -0.15) is 10.2 Å². The topological polar surface area (TPSA) is 108 Å². The quantitative estimate of drug-likeness (QED) is 0.173. The summed E-state index contributed by atoms with van der Waals surface area (Å²) in [5.74, 6) is 0.661. The molecule has 0 spiro atoms. The molecule has 0 radical (unpaired) electrons. The van der Waals surface area contributed by atoms with Crippen molar-refractivity contribution in [2.45, 2.75) is 26.7 Å². The van der Waals surface area contributed by atoms with Crippen molar-refractivity contribution in [2.75, 3.05) is 13.2 Å². The number of phenolic OH excluding ortho intramolecular Hbond substituents is 2. The maximum absolute atomic E-state index is 10.8. The monoisotopic (exact) mass is 484 g/mol. The molecule has 0 aliphatic rings. The van der Waals surface area contributed by atoms with Gasteiger partial charge < -0.3 is 19.7 Å². The van der Waals surface area contributed by atoms with E-state index < -0.39 is 11.5 Å². The fourth-order valence-corrected chi connectivity index (χ4v) is 3.45. The largest absolute Gasteiger partial charge is 0.503 e. The number of hydrogen-bond acceptors (Lipinski definition) is 8. The molecule has 0 unspecified atom stereocenters. The summed E-state index contributed by atoms with van der Waals surface area (Å²) in [6, 6.07) is 21.5. The number of hydrogen-bond donors (Lipinski definition) is 2. The van der Waals surface area contributed by atoms with E-state index in [1.54, 1.807) is 36.4 Å². The molecule has 0 aliphatic heterocycles. The van der Waals surface area contributed by atoms with E-state index in [1.807, 2.05) is 50.2 Å². The van der Waals surface area contributed by atoms with Crippen LogP contribution in [-0.4, -0.2) is 23.4 Å². The molecule has 0 aliphatic carbocycles. The molecule has 0 fully saturated rings. The molecular weight excluding hydrogens is 456 g/mol. The molecule has 0 saturated heterocycles. The van der Waals surface area contributed by atoms with Crippen LogP contribution in [0.25, 0.3) is 10.8 Å². The molecule has 36 heavy (non-hydrogen) atoms. The fourth-order valence-electron chi connectivity index (χ4n) is 3.45. The molecule has 8 nitrogen and oxygen atoms in total. The summed E-state index contributed by atoms with van der Waals surface area (Å²) >= 11 is 0. The molecular formula is C28H28N4O4. The van der Waals surface area contributed by atoms with Crippen molar-refractivity contribution in [1.29, 1.82) is 0 Å². The lowest BCUT2D eigenvalue weighted by Gasteiger charge is -2.10. The van der Waals surface area contributed by atoms with Gasteiger partial charge in [0, 0.05) is 10.8 Å². The number of benzene rings is 4. The predicted molar refractivity (Wildman–Crippen MR) is 140 cm³/mol. The molecule has 8 heteroatoms. The number of phenols is 2. The summed E-state index contributed by atoms with van der Waals surface area (Å²) in [4.78, 5) is 0. The van der Waals surface area contributed by atoms with Crippen LogP contribution in [0.1, 0.15) is 26.7 Å². The van der Waals surface area contributed by atoms with E-state index in [1.165, 1.54) is 0 Å². The van der Waals surface area contributed by atoms with Crippen LogP contribution < -0.4 is 9.47 Å². The van der Waals surface area contributed by atoms with Crippen molar-refractivity contribution in [3.8, 4) is 23.0 Å². The molecule has 0 aromatic heterocycles. The third-order valence-electron chi connectivity index (χ3n) is 5.26. The first kappa shape index (κ1) is 24.7. The minimum Gasteiger partial charge on any atom is -0.503 e. The lowest BCUT2D eigenvalue weighted by Crippen LogP contribution is -1.93. The summed E-state index contributed by atoms with van der Waals surface area (Å²) in [5, 5.41) is 39.6. The highest BCUT2D eigenvalue weighted by atomic mass is 16.5. The Morgan fingerprint density at radius 1 is 0.556 bits per heavy atom. The number of ether oxygens (including phenoxy) is 2. The van der Waals surface area contributed by atoms with Gasteiger partial charge in [0.2, 0.25) is 0 Å². The minimum atomic E-state index is -0.419. The van der Waals surface area contributed by atoms with Crippen molar-refractivity contribution < 1.29 is 19.7 Å². The van der Waals surface area contributed by atoms with Gasteiger partial charge in [-0.3, -0.25) is 0 Å². The van der Waals surface area contributed by atoms with Gasteiger partial charge in [-0.1, -0.05) is 38.1 Å². The van der Waals surface area contributed by atoms with Crippen LogP contribution in [0, 0.1) is 0 Å². The molecule has 0 heterocycles. The molecule has 0 atom stereocenters. The summed E-state index contributed by atoms with van der Waals surface area (Å²) in [6.07, 6.45) is 1.85. The lowest BCUT2D eigenvalue weighted by atomic mass is 10.1. The number of fused-ring (bicyclic) bond motifs is 1. The summed E-state index contributed by atoms with van der Waals surface area (Å²) < 4.78 is 11.2. The Morgan fingerprint density at radius 2 is 0.944 bits per heavy atom. The van der Waals surface area contributed by atoms with E-state index in [0.717, 1.165) is 24.3 Å². The van der Waals surface area contributed by atoms with Gasteiger partial charge in [0.05, 0.1) is 24.6 Å². The molecule has 4 aromatic rings. The van der Waals surface area contributed by atoms with Gasteiger partial charge in [0.15, 0.2) is 11.5 Å². The number of azo groups is 2. The van der Waals surface area contributed by atoms with E-state index in [2.05, 4.69) is 20.5 Å². The van der Waals surface area contributed by atoms with Crippen molar-refractivity contribution >= 4 is 33.5 Å². The Morgan fingerprint density at radius 3 is 1.31 bits per heavy atom. The third-order valence-corrected chi connectivity index (χ3v) is 5.26. The van der Waals surface area contributed by atoms with E-state index in [0.29, 0.717) is 35.4 Å². The molecule has 2 N–H and O–H groups in total. The zero-order valence-electron chi connectivity index (χ0n) is 20.3. The normalized spacial score (nSPS) is 11.5. The SMILES string of the molecule is CCCOc1ccc(N=Nc2c(O)c(O)c(N=Nc3ccc(OCCC)cc3)c3ccccc23)cc1. The predicted octanol–water partition coefficient (Wildman–Crippen LogP) is 8.66. The van der Waals surface area contributed by atoms with E-state index in [9.17, 15) is 10.2 Å². The standard InChI is InChI=1S/C28H28N4O4/c1-3-17-35-21-13-9-19(10-14-21)29-31-25-23-7-5-6-8-24(23)26(28(34)27(25)33)32-30-20-11-15-22(16-12-20)36-18-4-2/h5-16,33-34H,3-4,17-18H2,1-2H3. The van der Waals surface area contributed by atoms with Gasteiger partial charge in [0.25, 0.3) is 0 Å². The molecule has 0 amide bonds. The maximum Gasteiger partial charge on any atom is 0.188 e. The van der Waals surface area contributed by atoms with Gasteiger partial charge >= 0.3 is 0 Å². The average molecular weight is 485 g/mol. The Kier molecular flexibility index (Phi) is 8.08. The lowest BCUT2D eigenvalue weighted by molar-refractivity contribution is 0.317. The second kappa shape index (κ2) is 11.8. The van der Waals surface area contributed by atoms with Crippen LogP contribution >= 0.6 is 0 Å². The number of rotatable bonds is 10. The van der Waals surface area contributed by atoms with E-state index in [4.69, 9.17) is 9.47 Å². The van der Waals surface area contributed by atoms with Gasteiger partial charge in [-0.25, -0.2) is 0 Å². The first-order chi connectivity index (χ1) is 17.6. The molecule has 184 valence electrons. The first-order valence-corrected chi connectivity index (χ1v) is 11.9. The van der Waals surface area contributed by atoms with Crippen molar-refractivity contribution in [2.24, 2.45) is 20.5 Å². The number of nitrogens with zero attached hydrogens (tertiary/aromatic N) is 4. The zero-order chi connectivity index (χ0) is 25.3. The van der Waals surface area contributed by atoms with Crippen LogP contribution in [0.5, 0.6) is 23.0 Å². The Bertz CT molecular complexity index is 1260. The summed E-state index contributed by atoms with van der Waals surface area (Å²) in [5.41, 5.74) is 1.45. The second-order valence-corrected chi connectivity index (χ2v) is 8.02. The van der Waals surface area contributed by atoms with Crippen LogP contribution in [0.3, 0.4) is 0 Å². The molecule has 4 rings (SSSR count). The van der Waals surface area contributed by atoms with Crippen LogP contribution in [0.4, 0.5) is 22.7 Å². The highest BCUT2D eigenvalue weighted by Gasteiger charge is 2.19. The molecule has 0 saturated carbocycles. The van der Waals surface area contributed by atoms with Crippen LogP contribution in [0.15, 0.2) is 93.3 Å². The highest BCUT2D eigenvalue weighted by Crippen LogP contribution is 2.50. The van der Waals surface area contributed by atoms with Gasteiger partial charge in [0.1, 0.15) is 22.9 Å². The molecule has 0 bridgehead atoms. The summed E-state index contributed by atoms with van der Waals surface area (Å²) in [7, 11) is 0. The summed E-state index contributed by atoms with van der Waals surface area (Å²) in [6.45, 7) is 5.37. The maximum atomic E-state index is 10.8. The van der Waals surface area contributed by atoms with Crippen molar-refractivity contribution in [1.82, 2.24) is 0 Å². The van der Waals surface area contributed by atoms with Crippen LogP contribution in [-0.2, 0) is 0 Å². The number of aromatic hydroxyl groups is 2. The first-order valence-electron chi connectivity index (χ1n) is 11.9. The van der Waals surface area contributed by atoms with Gasteiger partial charge in [-0.15, -0.1) is 10.2 Å². The second-order valence-electron chi connectivity index (χ2n) is 8.02. The van der Waals surface area contributed by atoms with Crippen LogP contribution in [0.2, 0.25) is 0 Å². The third kappa shape index (κ3) is 5.78. The Hall–Kier alpha value is -4.46. The fraction of sp³-hybridized carbons (Fsp3) is 0.214. The Labute approximate surface area is 209 Å². The Balaban J connectivity index is 1.63.